The highest BCUT2D eigenvalue weighted by Gasteiger charge is 2.28. The number of benzene rings is 1. The number of aromatic amines is 1. The van der Waals surface area contributed by atoms with Crippen LogP contribution >= 0.6 is 0 Å². The number of carbonyl (C=O) groups is 1. The average molecular weight is 367 g/mol. The number of likely N-dealkylation sites (tertiary alicyclic amines) is 1. The van der Waals surface area contributed by atoms with Crippen molar-refractivity contribution in [2.75, 3.05) is 24.5 Å². The SMILES string of the molecule is CC(C)(O)CC1CCN(C(=O)c2cc3cc(N4C=CCC4)ccc3[nH]2)CC1. The van der Waals surface area contributed by atoms with E-state index in [1.54, 1.807) is 0 Å². The molecule has 144 valence electrons. The number of aliphatic hydroxyl groups is 1. The molecule has 5 nitrogen and oxygen atoms in total. The number of piperidine rings is 1. The molecule has 0 aliphatic carbocycles. The second-order valence-electron chi connectivity index (χ2n) is 8.57. The standard InChI is InChI=1S/C22H29N3O2/c1-22(2,27)15-16-7-11-25(12-8-16)21(26)20-14-17-13-18(5-6-19(17)23-20)24-9-3-4-10-24/h3,5-6,9,13-14,16,23,27H,4,7-8,10-12,15H2,1-2H3. The lowest BCUT2D eigenvalue weighted by Crippen LogP contribution is -2.40. The normalized spacial score (nSPS) is 18.6. The molecule has 2 aliphatic rings. The molecule has 0 unspecified atom stereocenters. The van der Waals surface area contributed by atoms with Gasteiger partial charge < -0.3 is 19.9 Å². The molecule has 1 amide bonds. The number of anilines is 1. The predicted octanol–water partition coefficient (Wildman–Crippen LogP) is 3.90. The predicted molar refractivity (Wildman–Crippen MR) is 109 cm³/mol. The summed E-state index contributed by atoms with van der Waals surface area (Å²) in [7, 11) is 0. The van der Waals surface area contributed by atoms with Crippen molar-refractivity contribution >= 4 is 22.5 Å². The second kappa shape index (κ2) is 7.04. The number of amides is 1. The lowest BCUT2D eigenvalue weighted by atomic mass is 9.86. The maximum Gasteiger partial charge on any atom is 0.270 e. The number of hydrogen-bond acceptors (Lipinski definition) is 3. The Balaban J connectivity index is 1.44. The Bertz CT molecular complexity index is 854. The Morgan fingerprint density at radius 3 is 2.67 bits per heavy atom. The van der Waals surface area contributed by atoms with E-state index in [2.05, 4.69) is 40.4 Å². The van der Waals surface area contributed by atoms with Gasteiger partial charge >= 0.3 is 0 Å². The third kappa shape index (κ3) is 4.03. The summed E-state index contributed by atoms with van der Waals surface area (Å²) in [5.41, 5.74) is 2.21. The number of H-pyrrole nitrogens is 1. The van der Waals surface area contributed by atoms with E-state index < -0.39 is 5.60 Å². The van der Waals surface area contributed by atoms with Crippen molar-refractivity contribution in [1.82, 2.24) is 9.88 Å². The van der Waals surface area contributed by atoms with E-state index in [4.69, 9.17) is 0 Å². The smallest absolute Gasteiger partial charge is 0.270 e. The Labute approximate surface area is 160 Å². The number of aromatic nitrogens is 1. The fourth-order valence-electron chi connectivity index (χ4n) is 4.34. The van der Waals surface area contributed by atoms with Crippen molar-refractivity contribution < 1.29 is 9.90 Å². The molecule has 5 heteroatoms. The van der Waals surface area contributed by atoms with Crippen molar-refractivity contribution in [3.8, 4) is 0 Å². The zero-order valence-electron chi connectivity index (χ0n) is 16.2. The van der Waals surface area contributed by atoms with Gasteiger partial charge in [0.05, 0.1) is 5.60 Å². The largest absolute Gasteiger partial charge is 0.390 e. The van der Waals surface area contributed by atoms with Gasteiger partial charge in [-0.2, -0.15) is 0 Å². The molecule has 2 N–H and O–H groups in total. The monoisotopic (exact) mass is 367 g/mol. The molecule has 0 atom stereocenters. The summed E-state index contributed by atoms with van der Waals surface area (Å²) < 4.78 is 0. The summed E-state index contributed by atoms with van der Waals surface area (Å²) in [6, 6.07) is 8.28. The van der Waals surface area contributed by atoms with Gasteiger partial charge in [-0.1, -0.05) is 6.08 Å². The first kappa shape index (κ1) is 18.1. The van der Waals surface area contributed by atoms with Crippen LogP contribution in [0.4, 0.5) is 5.69 Å². The number of nitrogens with one attached hydrogen (secondary N) is 1. The van der Waals surface area contributed by atoms with Gasteiger partial charge in [0.2, 0.25) is 0 Å². The van der Waals surface area contributed by atoms with E-state index in [0.717, 1.165) is 56.2 Å². The van der Waals surface area contributed by atoms with Gasteiger partial charge in [0.25, 0.3) is 5.91 Å². The lowest BCUT2D eigenvalue weighted by Gasteiger charge is -2.34. The number of hydrogen-bond donors (Lipinski definition) is 2. The van der Waals surface area contributed by atoms with Crippen LogP contribution in [0.5, 0.6) is 0 Å². The molecule has 1 fully saturated rings. The van der Waals surface area contributed by atoms with Gasteiger partial charge in [0.15, 0.2) is 0 Å². The van der Waals surface area contributed by atoms with Crippen LogP contribution in [0.2, 0.25) is 0 Å². The molecular formula is C22H29N3O2. The summed E-state index contributed by atoms with van der Waals surface area (Å²) in [6.07, 6.45) is 8.10. The van der Waals surface area contributed by atoms with Crippen LogP contribution in [0.1, 0.15) is 50.0 Å². The summed E-state index contributed by atoms with van der Waals surface area (Å²) in [4.78, 5) is 20.4. The molecule has 1 aromatic carbocycles. The Kier molecular flexibility index (Phi) is 4.72. The van der Waals surface area contributed by atoms with Gasteiger partial charge in [-0.15, -0.1) is 0 Å². The van der Waals surface area contributed by atoms with Gasteiger partial charge in [-0.3, -0.25) is 4.79 Å². The fraction of sp³-hybridized carbons (Fsp3) is 0.500. The van der Waals surface area contributed by atoms with Crippen LogP contribution in [-0.2, 0) is 0 Å². The van der Waals surface area contributed by atoms with Crippen molar-refractivity contribution in [2.24, 2.45) is 5.92 Å². The van der Waals surface area contributed by atoms with E-state index in [0.29, 0.717) is 11.6 Å². The van der Waals surface area contributed by atoms with Crippen molar-refractivity contribution in [2.45, 2.75) is 45.1 Å². The lowest BCUT2D eigenvalue weighted by molar-refractivity contribution is 0.0357. The third-order valence-electron chi connectivity index (χ3n) is 5.68. The van der Waals surface area contributed by atoms with E-state index in [1.165, 1.54) is 5.69 Å². The third-order valence-corrected chi connectivity index (χ3v) is 5.68. The van der Waals surface area contributed by atoms with Gasteiger partial charge in [-0.25, -0.2) is 0 Å². The van der Waals surface area contributed by atoms with Crippen molar-refractivity contribution in [3.05, 3.63) is 42.2 Å². The van der Waals surface area contributed by atoms with Crippen LogP contribution in [0, 0.1) is 5.92 Å². The Hall–Kier alpha value is -2.27. The summed E-state index contributed by atoms with van der Waals surface area (Å²) in [5, 5.41) is 11.1. The first-order valence-electron chi connectivity index (χ1n) is 9.97. The van der Waals surface area contributed by atoms with Crippen molar-refractivity contribution in [1.29, 1.82) is 0 Å². The minimum Gasteiger partial charge on any atom is -0.390 e. The molecule has 3 heterocycles. The van der Waals surface area contributed by atoms with Crippen LogP contribution in [0.25, 0.3) is 10.9 Å². The zero-order chi connectivity index (χ0) is 19.0. The van der Waals surface area contributed by atoms with E-state index in [9.17, 15) is 9.90 Å². The van der Waals surface area contributed by atoms with Crippen LogP contribution in [-0.4, -0.2) is 46.1 Å². The Morgan fingerprint density at radius 2 is 2.00 bits per heavy atom. The summed E-state index contributed by atoms with van der Waals surface area (Å²) >= 11 is 0. The van der Waals surface area contributed by atoms with Gasteiger partial charge in [-0.05, 0) is 69.7 Å². The van der Waals surface area contributed by atoms with E-state index in [-0.39, 0.29) is 5.91 Å². The topological polar surface area (TPSA) is 59.6 Å². The molecule has 2 aromatic rings. The molecule has 27 heavy (non-hydrogen) atoms. The highest BCUT2D eigenvalue weighted by atomic mass is 16.3. The molecule has 0 saturated carbocycles. The quantitative estimate of drug-likeness (QED) is 0.861. The highest BCUT2D eigenvalue weighted by Crippen LogP contribution is 2.28. The second-order valence-corrected chi connectivity index (χ2v) is 8.57. The van der Waals surface area contributed by atoms with Gasteiger partial charge in [0.1, 0.15) is 5.69 Å². The molecule has 4 rings (SSSR count). The van der Waals surface area contributed by atoms with E-state index >= 15 is 0 Å². The fourth-order valence-corrected chi connectivity index (χ4v) is 4.34. The summed E-state index contributed by atoms with van der Waals surface area (Å²) in [6.45, 7) is 6.27. The van der Waals surface area contributed by atoms with Crippen LogP contribution in [0.15, 0.2) is 36.5 Å². The number of fused-ring (bicyclic) bond motifs is 1. The van der Waals surface area contributed by atoms with Crippen LogP contribution < -0.4 is 4.90 Å². The molecular weight excluding hydrogens is 338 g/mol. The van der Waals surface area contributed by atoms with Gasteiger partial charge in [0, 0.05) is 42.4 Å². The molecule has 1 saturated heterocycles. The molecule has 0 bridgehead atoms. The number of carbonyl (C=O) groups excluding carboxylic acids is 1. The minimum atomic E-state index is -0.629. The number of nitrogens with zero attached hydrogens (tertiary/aromatic N) is 2. The van der Waals surface area contributed by atoms with Crippen molar-refractivity contribution in [3.63, 3.8) is 0 Å². The summed E-state index contributed by atoms with van der Waals surface area (Å²) in [5.74, 6) is 0.573. The average Bonchev–Trinajstić information content (AvgIpc) is 3.29. The number of rotatable bonds is 4. The first-order chi connectivity index (χ1) is 12.9. The molecule has 0 radical (unpaired) electrons. The minimum absolute atomic E-state index is 0.0792. The molecule has 2 aliphatic heterocycles. The molecule has 0 spiro atoms. The maximum absolute atomic E-state index is 12.9. The molecule has 1 aromatic heterocycles. The first-order valence-corrected chi connectivity index (χ1v) is 9.97. The van der Waals surface area contributed by atoms with E-state index in [1.807, 2.05) is 24.8 Å². The van der Waals surface area contributed by atoms with Crippen LogP contribution in [0.3, 0.4) is 0 Å². The zero-order valence-corrected chi connectivity index (χ0v) is 16.2. The Morgan fingerprint density at radius 1 is 1.22 bits per heavy atom. The highest BCUT2D eigenvalue weighted by molar-refractivity contribution is 5.98. The maximum atomic E-state index is 12.9.